The van der Waals surface area contributed by atoms with E-state index < -0.39 is 5.91 Å². The number of amides is 1. The molecule has 0 atom stereocenters. The molecule has 60 valence electrons. The smallest absolute Gasteiger partial charge is 0.269 e. The molecule has 0 unspecified atom stereocenters. The van der Waals surface area contributed by atoms with Crippen molar-refractivity contribution < 1.29 is 4.79 Å². The number of primary amides is 1. The van der Waals surface area contributed by atoms with Gasteiger partial charge < -0.3 is 10.1 Å². The highest BCUT2D eigenvalue weighted by atomic mass is 16.1. The van der Waals surface area contributed by atoms with Gasteiger partial charge >= 0.3 is 0 Å². The lowest BCUT2D eigenvalue weighted by molar-refractivity contribution is 0.0997. The summed E-state index contributed by atoms with van der Waals surface area (Å²) in [6.07, 6.45) is 6.39. The number of carbonyl (C=O) groups is 1. The first-order valence-electron chi connectivity index (χ1n) is 3.35. The number of imidazole rings is 1. The Morgan fingerprint density at radius 3 is 3.17 bits per heavy atom. The normalized spacial score (nSPS) is 10.3. The molecule has 5 nitrogen and oxygen atoms in total. The van der Waals surface area contributed by atoms with Crippen molar-refractivity contribution in [1.29, 1.82) is 0 Å². The van der Waals surface area contributed by atoms with Crippen molar-refractivity contribution >= 4 is 11.4 Å². The fourth-order valence-electron chi connectivity index (χ4n) is 1.03. The van der Waals surface area contributed by atoms with Gasteiger partial charge in [0, 0.05) is 12.4 Å². The number of nitrogens with two attached hydrogens (primary N) is 1. The van der Waals surface area contributed by atoms with E-state index >= 15 is 0 Å². The quantitative estimate of drug-likeness (QED) is 0.632. The van der Waals surface area contributed by atoms with E-state index in [0.29, 0.717) is 5.52 Å². The maximum Gasteiger partial charge on any atom is 0.269 e. The molecule has 2 N–H and O–H groups in total. The highest BCUT2D eigenvalue weighted by Gasteiger charge is 2.08. The molecule has 0 aliphatic carbocycles. The van der Waals surface area contributed by atoms with Gasteiger partial charge in [-0.3, -0.25) is 9.78 Å². The zero-order valence-corrected chi connectivity index (χ0v) is 6.14. The van der Waals surface area contributed by atoms with Crippen LogP contribution in [0.5, 0.6) is 0 Å². The van der Waals surface area contributed by atoms with Gasteiger partial charge in [-0.15, -0.1) is 0 Å². The van der Waals surface area contributed by atoms with E-state index in [4.69, 9.17) is 5.73 Å². The van der Waals surface area contributed by atoms with Crippen LogP contribution in [0, 0.1) is 0 Å². The third-order valence-corrected chi connectivity index (χ3v) is 1.58. The molecule has 5 heteroatoms. The fraction of sp³-hybridized carbons (Fsp3) is 0. The van der Waals surface area contributed by atoms with Crippen LogP contribution in [-0.2, 0) is 0 Å². The summed E-state index contributed by atoms with van der Waals surface area (Å²) >= 11 is 0. The van der Waals surface area contributed by atoms with E-state index in [9.17, 15) is 4.79 Å². The van der Waals surface area contributed by atoms with E-state index in [1.165, 1.54) is 6.33 Å². The van der Waals surface area contributed by atoms with E-state index in [0.717, 1.165) is 0 Å². The summed E-state index contributed by atoms with van der Waals surface area (Å²) in [5.41, 5.74) is 5.96. The summed E-state index contributed by atoms with van der Waals surface area (Å²) in [5, 5.41) is 0. The summed E-state index contributed by atoms with van der Waals surface area (Å²) in [6, 6.07) is 0. The predicted octanol–water partition coefficient (Wildman–Crippen LogP) is -0.172. The minimum Gasteiger partial charge on any atom is -0.364 e. The van der Waals surface area contributed by atoms with Crippen molar-refractivity contribution in [2.75, 3.05) is 0 Å². The van der Waals surface area contributed by atoms with Crippen LogP contribution in [-0.4, -0.2) is 20.3 Å². The van der Waals surface area contributed by atoms with Crippen LogP contribution < -0.4 is 5.73 Å². The average molecular weight is 162 g/mol. The molecule has 2 aromatic rings. The van der Waals surface area contributed by atoms with Gasteiger partial charge in [0.2, 0.25) is 0 Å². The van der Waals surface area contributed by atoms with Crippen LogP contribution in [0.3, 0.4) is 0 Å². The maximum atomic E-state index is 10.8. The van der Waals surface area contributed by atoms with Crippen LogP contribution >= 0.6 is 0 Å². The number of aromatic nitrogens is 3. The van der Waals surface area contributed by atoms with E-state index in [1.54, 1.807) is 23.0 Å². The number of hydrogen-bond donors (Lipinski definition) is 1. The molecule has 0 fully saturated rings. The average Bonchev–Trinajstić information content (AvgIpc) is 2.47. The van der Waals surface area contributed by atoms with Crippen molar-refractivity contribution in [3.05, 3.63) is 30.6 Å². The SMILES string of the molecule is NC(=O)c1ncn2ccncc12. The van der Waals surface area contributed by atoms with Crippen LogP contribution in [0.1, 0.15) is 10.5 Å². The van der Waals surface area contributed by atoms with Crippen LogP contribution in [0.25, 0.3) is 5.52 Å². The van der Waals surface area contributed by atoms with Crippen LogP contribution in [0.15, 0.2) is 24.9 Å². The number of carbonyl (C=O) groups excluding carboxylic acids is 1. The molecule has 2 rings (SSSR count). The van der Waals surface area contributed by atoms with Crippen molar-refractivity contribution in [2.24, 2.45) is 5.73 Å². The number of nitrogens with zero attached hydrogens (tertiary/aromatic N) is 3. The van der Waals surface area contributed by atoms with Crippen molar-refractivity contribution in [2.45, 2.75) is 0 Å². The lowest BCUT2D eigenvalue weighted by Crippen LogP contribution is -2.11. The second-order valence-corrected chi connectivity index (χ2v) is 2.33. The molecule has 0 spiro atoms. The third-order valence-electron chi connectivity index (χ3n) is 1.58. The Balaban J connectivity index is 2.79. The molecule has 0 saturated heterocycles. The summed E-state index contributed by atoms with van der Waals surface area (Å²) in [7, 11) is 0. The second kappa shape index (κ2) is 2.30. The molecule has 0 aromatic carbocycles. The van der Waals surface area contributed by atoms with Crippen LogP contribution in [0.4, 0.5) is 0 Å². The number of fused-ring (bicyclic) bond motifs is 1. The highest BCUT2D eigenvalue weighted by Crippen LogP contribution is 2.05. The zero-order valence-electron chi connectivity index (χ0n) is 6.14. The Bertz CT molecular complexity index is 434. The molecule has 0 saturated carbocycles. The lowest BCUT2D eigenvalue weighted by atomic mass is 10.4. The first-order chi connectivity index (χ1) is 5.79. The molecule has 12 heavy (non-hydrogen) atoms. The molecule has 2 aromatic heterocycles. The largest absolute Gasteiger partial charge is 0.364 e. The molecular weight excluding hydrogens is 156 g/mol. The Morgan fingerprint density at radius 2 is 2.42 bits per heavy atom. The fourth-order valence-corrected chi connectivity index (χ4v) is 1.03. The Hall–Kier alpha value is -1.91. The van der Waals surface area contributed by atoms with Gasteiger partial charge in [0.25, 0.3) is 5.91 Å². The molecule has 1 amide bonds. The molecule has 0 aliphatic heterocycles. The Kier molecular flexibility index (Phi) is 1.30. The minimum atomic E-state index is -0.537. The van der Waals surface area contributed by atoms with E-state index in [-0.39, 0.29) is 5.69 Å². The van der Waals surface area contributed by atoms with Crippen LogP contribution in [0.2, 0.25) is 0 Å². The van der Waals surface area contributed by atoms with Gasteiger partial charge in [0.1, 0.15) is 6.33 Å². The standard InChI is InChI=1S/C7H6N4O/c8-7(12)6-5-3-9-1-2-11(5)4-10-6/h1-4H,(H2,8,12). The Labute approximate surface area is 67.9 Å². The van der Waals surface area contributed by atoms with E-state index in [1.807, 2.05) is 0 Å². The van der Waals surface area contributed by atoms with Gasteiger partial charge in [-0.25, -0.2) is 4.98 Å². The van der Waals surface area contributed by atoms with Gasteiger partial charge in [0.15, 0.2) is 5.69 Å². The minimum absolute atomic E-state index is 0.253. The van der Waals surface area contributed by atoms with Crippen molar-refractivity contribution in [3.8, 4) is 0 Å². The maximum absolute atomic E-state index is 10.8. The molecule has 0 bridgehead atoms. The summed E-state index contributed by atoms with van der Waals surface area (Å²) in [5.74, 6) is -0.537. The van der Waals surface area contributed by atoms with Crippen molar-refractivity contribution in [3.63, 3.8) is 0 Å². The zero-order chi connectivity index (χ0) is 8.55. The first-order valence-corrected chi connectivity index (χ1v) is 3.35. The highest BCUT2D eigenvalue weighted by molar-refractivity contribution is 5.97. The summed E-state index contributed by atoms with van der Waals surface area (Å²) < 4.78 is 1.69. The molecular formula is C7H6N4O. The topological polar surface area (TPSA) is 73.3 Å². The number of hydrogen-bond acceptors (Lipinski definition) is 3. The Morgan fingerprint density at radius 1 is 1.58 bits per heavy atom. The molecule has 0 radical (unpaired) electrons. The van der Waals surface area contributed by atoms with Gasteiger partial charge in [-0.2, -0.15) is 0 Å². The van der Waals surface area contributed by atoms with Gasteiger partial charge in [-0.05, 0) is 0 Å². The third kappa shape index (κ3) is 0.833. The first kappa shape index (κ1) is 6.78. The van der Waals surface area contributed by atoms with Gasteiger partial charge in [0.05, 0.1) is 11.7 Å². The molecule has 0 aliphatic rings. The summed E-state index contributed by atoms with van der Waals surface area (Å²) in [4.78, 5) is 18.5. The monoisotopic (exact) mass is 162 g/mol. The predicted molar refractivity (Wildman–Crippen MR) is 41.5 cm³/mol. The lowest BCUT2D eigenvalue weighted by Gasteiger charge is -1.91. The van der Waals surface area contributed by atoms with E-state index in [2.05, 4.69) is 9.97 Å². The van der Waals surface area contributed by atoms with Crippen molar-refractivity contribution in [1.82, 2.24) is 14.4 Å². The second-order valence-electron chi connectivity index (χ2n) is 2.33. The number of rotatable bonds is 1. The van der Waals surface area contributed by atoms with Gasteiger partial charge in [-0.1, -0.05) is 0 Å². The summed E-state index contributed by atoms with van der Waals surface area (Å²) in [6.45, 7) is 0. The molecule has 2 heterocycles.